The van der Waals surface area contributed by atoms with Crippen LogP contribution >= 0.6 is 11.3 Å². The summed E-state index contributed by atoms with van der Waals surface area (Å²) in [5.74, 6) is 0. The molecule has 0 radical (unpaired) electrons. The molecule has 0 aromatic carbocycles. The zero-order valence-corrected chi connectivity index (χ0v) is 10.5. The highest BCUT2D eigenvalue weighted by atomic mass is 32.1. The summed E-state index contributed by atoms with van der Waals surface area (Å²) in [6.45, 7) is 5.25. The first kappa shape index (κ1) is 12.0. The number of thiophene rings is 1. The molecule has 2 rings (SSSR count). The van der Waals surface area contributed by atoms with Crippen molar-refractivity contribution in [3.63, 3.8) is 0 Å². The fourth-order valence-corrected chi connectivity index (χ4v) is 2.68. The Labute approximate surface area is 101 Å². The van der Waals surface area contributed by atoms with Gasteiger partial charge in [0.25, 0.3) is 0 Å². The van der Waals surface area contributed by atoms with Crippen molar-refractivity contribution in [3.05, 3.63) is 22.4 Å². The Hall–Kier alpha value is -0.420. The van der Waals surface area contributed by atoms with Crippen LogP contribution in [0.25, 0.3) is 0 Å². The predicted molar refractivity (Wildman–Crippen MR) is 66.0 cm³/mol. The summed E-state index contributed by atoms with van der Waals surface area (Å²) >= 11 is 1.75. The minimum Gasteiger partial charge on any atom is -0.376 e. The molecule has 1 aromatic heterocycles. The molecule has 1 fully saturated rings. The molecule has 3 nitrogen and oxygen atoms in total. The van der Waals surface area contributed by atoms with E-state index in [0.717, 1.165) is 26.2 Å². The maximum absolute atomic E-state index is 5.76. The van der Waals surface area contributed by atoms with Crippen molar-refractivity contribution in [1.29, 1.82) is 0 Å². The van der Waals surface area contributed by atoms with E-state index in [4.69, 9.17) is 9.47 Å². The molecule has 0 amide bonds. The quantitative estimate of drug-likeness (QED) is 0.851. The lowest BCUT2D eigenvalue weighted by Gasteiger charge is -2.30. The van der Waals surface area contributed by atoms with Gasteiger partial charge in [-0.05, 0) is 35.4 Å². The molecule has 1 N–H and O–H groups in total. The second-order valence-electron chi connectivity index (χ2n) is 3.98. The van der Waals surface area contributed by atoms with E-state index in [1.54, 1.807) is 11.3 Å². The SMILES string of the molecule is CCNC(Cc1ccsc1)C1COCCO1. The Bertz CT molecular complexity index is 283. The summed E-state index contributed by atoms with van der Waals surface area (Å²) in [4.78, 5) is 0. The summed E-state index contributed by atoms with van der Waals surface area (Å²) in [5, 5.41) is 7.81. The van der Waals surface area contributed by atoms with Gasteiger partial charge >= 0.3 is 0 Å². The smallest absolute Gasteiger partial charge is 0.0965 e. The Morgan fingerprint density at radius 1 is 1.56 bits per heavy atom. The maximum Gasteiger partial charge on any atom is 0.0965 e. The Kier molecular flexibility index (Phi) is 4.78. The van der Waals surface area contributed by atoms with Crippen molar-refractivity contribution in [2.45, 2.75) is 25.5 Å². The highest BCUT2D eigenvalue weighted by molar-refractivity contribution is 7.07. The van der Waals surface area contributed by atoms with Gasteiger partial charge in [0.1, 0.15) is 0 Å². The molecule has 1 aromatic rings. The topological polar surface area (TPSA) is 30.5 Å². The van der Waals surface area contributed by atoms with Gasteiger partial charge in [0.05, 0.1) is 25.9 Å². The maximum atomic E-state index is 5.76. The molecule has 1 saturated heterocycles. The zero-order valence-electron chi connectivity index (χ0n) is 9.65. The van der Waals surface area contributed by atoms with E-state index < -0.39 is 0 Å². The van der Waals surface area contributed by atoms with Crippen LogP contribution in [0.2, 0.25) is 0 Å². The second-order valence-corrected chi connectivity index (χ2v) is 4.76. The molecule has 2 heterocycles. The summed E-state index contributed by atoms with van der Waals surface area (Å²) in [6, 6.07) is 2.54. The molecular weight excluding hydrogens is 222 g/mol. The van der Waals surface area contributed by atoms with Gasteiger partial charge in [0.15, 0.2) is 0 Å². The third kappa shape index (κ3) is 3.28. The van der Waals surface area contributed by atoms with Crippen LogP contribution in [0.4, 0.5) is 0 Å². The molecule has 4 heteroatoms. The Morgan fingerprint density at radius 2 is 2.50 bits per heavy atom. The van der Waals surface area contributed by atoms with E-state index in [0.29, 0.717) is 12.6 Å². The van der Waals surface area contributed by atoms with Gasteiger partial charge in [0.2, 0.25) is 0 Å². The van der Waals surface area contributed by atoms with Crippen LogP contribution in [-0.2, 0) is 15.9 Å². The van der Waals surface area contributed by atoms with Crippen molar-refractivity contribution in [3.8, 4) is 0 Å². The number of rotatable bonds is 5. The summed E-state index contributed by atoms with van der Waals surface area (Å²) in [7, 11) is 0. The number of ether oxygens (including phenoxy) is 2. The molecule has 90 valence electrons. The van der Waals surface area contributed by atoms with Gasteiger partial charge in [-0.15, -0.1) is 0 Å². The van der Waals surface area contributed by atoms with Crippen LogP contribution < -0.4 is 5.32 Å². The summed E-state index contributed by atoms with van der Waals surface area (Å²) in [6.07, 6.45) is 1.21. The average molecular weight is 241 g/mol. The molecule has 1 aliphatic rings. The molecule has 1 aliphatic heterocycles. The third-order valence-corrected chi connectivity index (χ3v) is 3.52. The van der Waals surface area contributed by atoms with Gasteiger partial charge in [-0.1, -0.05) is 6.92 Å². The van der Waals surface area contributed by atoms with Crippen molar-refractivity contribution in [1.82, 2.24) is 5.32 Å². The summed E-state index contributed by atoms with van der Waals surface area (Å²) in [5.41, 5.74) is 1.38. The van der Waals surface area contributed by atoms with Gasteiger partial charge in [-0.25, -0.2) is 0 Å². The van der Waals surface area contributed by atoms with E-state index in [-0.39, 0.29) is 6.10 Å². The lowest BCUT2D eigenvalue weighted by molar-refractivity contribution is -0.101. The third-order valence-electron chi connectivity index (χ3n) is 2.79. The second kappa shape index (κ2) is 6.35. The number of likely N-dealkylation sites (N-methyl/N-ethyl adjacent to an activating group) is 1. The van der Waals surface area contributed by atoms with Crippen LogP contribution in [0.3, 0.4) is 0 Å². The van der Waals surface area contributed by atoms with Crippen LogP contribution in [0.15, 0.2) is 16.8 Å². The lowest BCUT2D eigenvalue weighted by atomic mass is 10.0. The molecule has 16 heavy (non-hydrogen) atoms. The van der Waals surface area contributed by atoms with E-state index >= 15 is 0 Å². The normalized spacial score (nSPS) is 23.2. The van der Waals surface area contributed by atoms with E-state index in [2.05, 4.69) is 29.1 Å². The number of hydrogen-bond acceptors (Lipinski definition) is 4. The van der Waals surface area contributed by atoms with E-state index in [9.17, 15) is 0 Å². The number of nitrogens with one attached hydrogen (secondary N) is 1. The fraction of sp³-hybridized carbons (Fsp3) is 0.667. The Balaban J connectivity index is 1.92. The lowest BCUT2D eigenvalue weighted by Crippen LogP contribution is -2.47. The molecule has 2 unspecified atom stereocenters. The first-order chi connectivity index (χ1) is 7.90. The Morgan fingerprint density at radius 3 is 3.12 bits per heavy atom. The van der Waals surface area contributed by atoms with Crippen molar-refractivity contribution in [2.24, 2.45) is 0 Å². The van der Waals surface area contributed by atoms with Crippen LogP contribution in [-0.4, -0.2) is 38.5 Å². The molecule has 0 spiro atoms. The van der Waals surface area contributed by atoms with Gasteiger partial charge in [0, 0.05) is 6.04 Å². The van der Waals surface area contributed by atoms with Gasteiger partial charge in [-0.3, -0.25) is 0 Å². The molecule has 0 bridgehead atoms. The van der Waals surface area contributed by atoms with Crippen molar-refractivity contribution < 1.29 is 9.47 Å². The van der Waals surface area contributed by atoms with Crippen LogP contribution in [0.1, 0.15) is 12.5 Å². The largest absolute Gasteiger partial charge is 0.376 e. The average Bonchev–Trinajstić information content (AvgIpc) is 2.83. The molecule has 2 atom stereocenters. The van der Waals surface area contributed by atoms with Gasteiger partial charge in [-0.2, -0.15) is 11.3 Å². The molecule has 0 saturated carbocycles. The minimum absolute atomic E-state index is 0.189. The highest BCUT2D eigenvalue weighted by Gasteiger charge is 2.24. The fourth-order valence-electron chi connectivity index (χ4n) is 2.00. The predicted octanol–water partition coefficient (Wildman–Crippen LogP) is 1.68. The first-order valence-corrected chi connectivity index (χ1v) is 6.78. The van der Waals surface area contributed by atoms with Crippen LogP contribution in [0, 0.1) is 0 Å². The zero-order chi connectivity index (χ0) is 11.2. The van der Waals surface area contributed by atoms with Gasteiger partial charge < -0.3 is 14.8 Å². The highest BCUT2D eigenvalue weighted by Crippen LogP contribution is 2.14. The van der Waals surface area contributed by atoms with Crippen molar-refractivity contribution in [2.75, 3.05) is 26.4 Å². The van der Waals surface area contributed by atoms with E-state index in [1.165, 1.54) is 5.56 Å². The standard InChI is InChI=1S/C12H19NO2S/c1-2-13-11(7-10-3-6-16-9-10)12-8-14-4-5-15-12/h3,6,9,11-13H,2,4-5,7-8H2,1H3. The minimum atomic E-state index is 0.189. The number of hydrogen-bond donors (Lipinski definition) is 1. The van der Waals surface area contributed by atoms with E-state index in [1.807, 2.05) is 0 Å². The van der Waals surface area contributed by atoms with Crippen LogP contribution in [0.5, 0.6) is 0 Å². The molecular formula is C12H19NO2S. The monoisotopic (exact) mass is 241 g/mol. The van der Waals surface area contributed by atoms with Crippen molar-refractivity contribution >= 4 is 11.3 Å². The molecule has 0 aliphatic carbocycles. The first-order valence-electron chi connectivity index (χ1n) is 5.84. The summed E-state index contributed by atoms with van der Waals surface area (Å²) < 4.78 is 11.2.